The minimum absolute atomic E-state index is 0.0893. The molecule has 0 unspecified atom stereocenters. The number of benzene rings is 2. The molecule has 140 valence electrons. The fourth-order valence-corrected chi connectivity index (χ4v) is 4.04. The van der Waals surface area contributed by atoms with Gasteiger partial charge in [-0.3, -0.25) is 14.9 Å². The minimum Gasteiger partial charge on any atom is -0.300 e. The van der Waals surface area contributed by atoms with E-state index in [4.69, 9.17) is 5.26 Å². The Morgan fingerprint density at radius 1 is 1.21 bits per heavy atom. The molecule has 0 aliphatic heterocycles. The predicted octanol–water partition coefficient (Wildman–Crippen LogP) is 3.79. The average molecular weight is 411 g/mol. The largest absolute Gasteiger partial charge is 0.300 e. The lowest BCUT2D eigenvalue weighted by atomic mass is 10.1. The van der Waals surface area contributed by atoms with E-state index >= 15 is 0 Å². The molecule has 2 aromatic carbocycles. The average Bonchev–Trinajstić information content (AvgIpc) is 3.14. The maximum Gasteiger partial charge on any atom is 0.273 e. The summed E-state index contributed by atoms with van der Waals surface area (Å²) in [6.07, 6.45) is -0.121. The zero-order valence-electron chi connectivity index (χ0n) is 14.4. The van der Waals surface area contributed by atoms with Gasteiger partial charge in [0.05, 0.1) is 23.0 Å². The van der Waals surface area contributed by atoms with Gasteiger partial charge in [-0.05, 0) is 17.7 Å². The number of nitrogens with zero attached hydrogens (tertiary/aromatic N) is 4. The first kappa shape index (κ1) is 19.5. The van der Waals surface area contributed by atoms with Crippen LogP contribution in [0.1, 0.15) is 16.7 Å². The second-order valence-electron chi connectivity index (χ2n) is 5.58. The highest BCUT2D eigenvalue weighted by atomic mass is 32.2. The molecule has 0 bridgehead atoms. The predicted molar refractivity (Wildman–Crippen MR) is 106 cm³/mol. The number of nitrogens with one attached hydrogen (secondary N) is 1. The molecule has 0 saturated heterocycles. The van der Waals surface area contributed by atoms with Crippen molar-refractivity contribution in [2.75, 3.05) is 5.32 Å². The number of hydrogen-bond donors (Lipinski definition) is 1. The van der Waals surface area contributed by atoms with Crippen molar-refractivity contribution in [1.82, 2.24) is 10.2 Å². The number of hydrogen-bond acceptors (Lipinski definition) is 8. The molecular formula is C18H13N5O3S2. The van der Waals surface area contributed by atoms with Crippen molar-refractivity contribution in [2.45, 2.75) is 16.5 Å². The monoisotopic (exact) mass is 411 g/mol. The Bertz CT molecular complexity index is 1040. The van der Waals surface area contributed by atoms with Crippen LogP contribution < -0.4 is 5.32 Å². The Labute approximate surface area is 168 Å². The maximum absolute atomic E-state index is 12.2. The molecule has 1 heterocycles. The molecule has 0 saturated carbocycles. The van der Waals surface area contributed by atoms with Crippen LogP contribution in [0, 0.1) is 21.4 Å². The molecule has 3 rings (SSSR count). The molecule has 0 spiro atoms. The topological polar surface area (TPSA) is 122 Å². The highest BCUT2D eigenvalue weighted by Gasteiger charge is 2.16. The van der Waals surface area contributed by atoms with Gasteiger partial charge in [0.15, 0.2) is 4.34 Å². The van der Waals surface area contributed by atoms with E-state index in [1.807, 2.05) is 12.1 Å². The van der Waals surface area contributed by atoms with Crippen LogP contribution in [0.25, 0.3) is 0 Å². The molecule has 0 atom stereocenters. The summed E-state index contributed by atoms with van der Waals surface area (Å²) in [5.41, 5.74) is 1.90. The van der Waals surface area contributed by atoms with Crippen LogP contribution in [0.5, 0.6) is 0 Å². The number of aromatic nitrogens is 2. The first-order chi connectivity index (χ1) is 13.5. The van der Waals surface area contributed by atoms with Crippen molar-refractivity contribution >= 4 is 39.8 Å². The molecule has 1 N–H and O–H groups in total. The van der Waals surface area contributed by atoms with E-state index in [9.17, 15) is 14.9 Å². The fourth-order valence-electron chi connectivity index (χ4n) is 2.31. The number of carbonyl (C=O) groups is 1. The van der Waals surface area contributed by atoms with Crippen molar-refractivity contribution in [3.05, 3.63) is 75.3 Å². The Morgan fingerprint density at radius 3 is 2.68 bits per heavy atom. The third-order valence-electron chi connectivity index (χ3n) is 3.64. The third kappa shape index (κ3) is 5.12. The first-order valence-electron chi connectivity index (χ1n) is 8.02. The molecule has 1 amide bonds. The molecule has 10 heteroatoms. The van der Waals surface area contributed by atoms with Gasteiger partial charge < -0.3 is 5.32 Å². The Morgan fingerprint density at radius 2 is 1.96 bits per heavy atom. The van der Waals surface area contributed by atoms with Gasteiger partial charge in [-0.1, -0.05) is 53.4 Å². The van der Waals surface area contributed by atoms with Crippen molar-refractivity contribution in [3.63, 3.8) is 0 Å². The van der Waals surface area contributed by atoms with E-state index in [1.54, 1.807) is 30.3 Å². The highest BCUT2D eigenvalue weighted by molar-refractivity contribution is 8.00. The lowest BCUT2D eigenvalue weighted by Crippen LogP contribution is -2.15. The van der Waals surface area contributed by atoms with Crippen LogP contribution in [-0.4, -0.2) is 21.0 Å². The van der Waals surface area contributed by atoms with E-state index in [1.165, 1.54) is 29.2 Å². The summed E-state index contributed by atoms with van der Waals surface area (Å²) in [5, 5.41) is 30.8. The van der Waals surface area contributed by atoms with Crippen LogP contribution in [0.3, 0.4) is 0 Å². The summed E-state index contributed by atoms with van der Waals surface area (Å²) >= 11 is 2.70. The summed E-state index contributed by atoms with van der Waals surface area (Å²) in [5.74, 6) is 0.263. The van der Waals surface area contributed by atoms with E-state index < -0.39 is 10.8 Å². The number of thioether (sulfide) groups is 1. The van der Waals surface area contributed by atoms with Crippen LogP contribution in [0.2, 0.25) is 0 Å². The van der Waals surface area contributed by atoms with Gasteiger partial charge >= 0.3 is 0 Å². The number of nitro benzene ring substituents is 1. The van der Waals surface area contributed by atoms with E-state index in [2.05, 4.69) is 21.6 Å². The van der Waals surface area contributed by atoms with Gasteiger partial charge in [-0.15, -0.1) is 10.2 Å². The number of carbonyl (C=O) groups excluding carboxylic acids is 1. The van der Waals surface area contributed by atoms with E-state index in [-0.39, 0.29) is 12.1 Å². The van der Waals surface area contributed by atoms with E-state index in [0.29, 0.717) is 26.4 Å². The van der Waals surface area contributed by atoms with Crippen LogP contribution >= 0.6 is 23.1 Å². The number of rotatable bonds is 7. The van der Waals surface area contributed by atoms with Gasteiger partial charge in [0, 0.05) is 17.4 Å². The van der Waals surface area contributed by atoms with Crippen LogP contribution in [0.15, 0.2) is 52.9 Å². The van der Waals surface area contributed by atoms with Gasteiger partial charge in [0.1, 0.15) is 0 Å². The fraction of sp³-hybridized carbons (Fsp3) is 0.111. The van der Waals surface area contributed by atoms with Gasteiger partial charge in [0.2, 0.25) is 11.0 Å². The first-order valence-corrected chi connectivity index (χ1v) is 9.83. The summed E-state index contributed by atoms with van der Waals surface area (Å²) in [4.78, 5) is 22.7. The molecule has 1 aromatic heterocycles. The number of nitro groups is 1. The molecule has 0 radical (unpaired) electrons. The Kier molecular flexibility index (Phi) is 6.31. The second-order valence-corrected chi connectivity index (χ2v) is 7.78. The third-order valence-corrected chi connectivity index (χ3v) is 5.68. The standard InChI is InChI=1S/C18H13N5O3S2/c19-10-12-5-7-13(8-6-12)11-27-18-22-21-17(28-18)20-16(24)9-14-3-1-2-4-15(14)23(25)26/h1-8H,9,11H2,(H,20,21,24). The number of anilines is 1. The van der Waals surface area contributed by atoms with Gasteiger partial charge in [0.25, 0.3) is 5.69 Å². The SMILES string of the molecule is N#Cc1ccc(CSc2nnc(NC(=O)Cc3ccccc3[N+](=O)[O-])s2)cc1. The number of amides is 1. The summed E-state index contributed by atoms with van der Waals surface area (Å²) in [6, 6.07) is 15.5. The summed E-state index contributed by atoms with van der Waals surface area (Å²) in [6.45, 7) is 0. The zero-order valence-corrected chi connectivity index (χ0v) is 16.0. The molecule has 8 nitrogen and oxygen atoms in total. The van der Waals surface area contributed by atoms with Gasteiger partial charge in [-0.2, -0.15) is 5.26 Å². The number of nitriles is 1. The lowest BCUT2D eigenvalue weighted by molar-refractivity contribution is -0.385. The Balaban J connectivity index is 1.56. The molecular weight excluding hydrogens is 398 g/mol. The highest BCUT2D eigenvalue weighted by Crippen LogP contribution is 2.28. The van der Waals surface area contributed by atoms with Crippen molar-refractivity contribution < 1.29 is 9.72 Å². The smallest absolute Gasteiger partial charge is 0.273 e. The normalized spacial score (nSPS) is 10.2. The van der Waals surface area contributed by atoms with Crippen molar-refractivity contribution in [3.8, 4) is 6.07 Å². The van der Waals surface area contributed by atoms with Crippen molar-refractivity contribution in [2.24, 2.45) is 0 Å². The van der Waals surface area contributed by atoms with E-state index in [0.717, 1.165) is 5.56 Å². The quantitative estimate of drug-likeness (QED) is 0.272. The van der Waals surface area contributed by atoms with Crippen molar-refractivity contribution in [1.29, 1.82) is 5.26 Å². The zero-order chi connectivity index (χ0) is 19.9. The molecule has 0 fully saturated rings. The maximum atomic E-state index is 12.2. The molecule has 0 aliphatic rings. The van der Waals surface area contributed by atoms with Gasteiger partial charge in [-0.25, -0.2) is 0 Å². The molecule has 28 heavy (non-hydrogen) atoms. The minimum atomic E-state index is -0.508. The van der Waals surface area contributed by atoms with Crippen LogP contribution in [-0.2, 0) is 17.0 Å². The molecule has 3 aromatic rings. The lowest BCUT2D eigenvalue weighted by Gasteiger charge is -2.02. The number of para-hydroxylation sites is 1. The molecule has 0 aliphatic carbocycles. The second kappa shape index (κ2) is 9.07. The summed E-state index contributed by atoms with van der Waals surface area (Å²) in [7, 11) is 0. The van der Waals surface area contributed by atoms with Crippen LogP contribution in [0.4, 0.5) is 10.8 Å². The summed E-state index contributed by atoms with van der Waals surface area (Å²) < 4.78 is 0.686. The Hall–Kier alpha value is -3.29.